The third-order valence-corrected chi connectivity index (χ3v) is 3.61. The third kappa shape index (κ3) is 1.50. The Bertz CT molecular complexity index is 525. The van der Waals surface area contributed by atoms with Crippen molar-refractivity contribution in [2.75, 3.05) is 0 Å². The Morgan fingerprint density at radius 3 is 2.86 bits per heavy atom. The lowest BCUT2D eigenvalue weighted by atomic mass is 10.2. The summed E-state index contributed by atoms with van der Waals surface area (Å²) < 4.78 is 1.02. The summed E-state index contributed by atoms with van der Waals surface area (Å²) in [6.07, 6.45) is 0. The van der Waals surface area contributed by atoms with Crippen LogP contribution in [-0.4, -0.2) is 5.11 Å². The van der Waals surface area contributed by atoms with Crippen LogP contribution >= 0.6 is 24.0 Å². The highest BCUT2D eigenvalue weighted by Crippen LogP contribution is 2.31. The van der Waals surface area contributed by atoms with E-state index in [1.165, 1.54) is 11.3 Å². The van der Waals surface area contributed by atoms with Gasteiger partial charge < -0.3 is 5.11 Å². The zero-order valence-electron chi connectivity index (χ0n) is 7.19. The molecule has 2 rings (SSSR count). The van der Waals surface area contributed by atoms with Gasteiger partial charge in [-0.25, -0.2) is 0 Å². The second-order valence-electron chi connectivity index (χ2n) is 2.90. The van der Waals surface area contributed by atoms with Crippen LogP contribution in [0.4, 0.5) is 0 Å². The third-order valence-electron chi connectivity index (χ3n) is 1.93. The summed E-state index contributed by atoms with van der Waals surface area (Å²) in [6, 6.07) is 7.52. The predicted molar refractivity (Wildman–Crippen MR) is 59.7 cm³/mol. The van der Waals surface area contributed by atoms with Crippen LogP contribution in [0.25, 0.3) is 10.1 Å². The molecule has 0 aliphatic rings. The van der Waals surface area contributed by atoms with Gasteiger partial charge in [-0.1, -0.05) is 0 Å². The minimum absolute atomic E-state index is 0.0362. The van der Waals surface area contributed by atoms with E-state index in [0.29, 0.717) is 5.56 Å². The number of thiol groups is 1. The highest BCUT2D eigenvalue weighted by atomic mass is 32.1. The summed E-state index contributed by atoms with van der Waals surface area (Å²) >= 11 is 5.81. The molecule has 4 heteroatoms. The fourth-order valence-electron chi connectivity index (χ4n) is 1.33. The van der Waals surface area contributed by atoms with Gasteiger partial charge in [0.1, 0.15) is 0 Å². The van der Waals surface area contributed by atoms with E-state index in [4.69, 9.17) is 10.4 Å². The average Bonchev–Trinajstić information content (AvgIpc) is 2.61. The monoisotopic (exact) mass is 221 g/mol. The van der Waals surface area contributed by atoms with Crippen LogP contribution < -0.4 is 0 Å². The van der Waals surface area contributed by atoms with Crippen LogP contribution in [0.2, 0.25) is 0 Å². The maximum Gasteiger partial charge on any atom is 0.0992 e. The van der Waals surface area contributed by atoms with Crippen LogP contribution in [0.3, 0.4) is 0 Å². The number of aliphatic hydroxyl groups excluding tert-OH is 1. The number of nitriles is 1. The molecule has 0 fully saturated rings. The lowest BCUT2D eigenvalue weighted by molar-refractivity contribution is 0.285. The van der Waals surface area contributed by atoms with Crippen LogP contribution in [0.5, 0.6) is 0 Å². The number of rotatable bonds is 1. The molecule has 1 aromatic carbocycles. The molecule has 70 valence electrons. The number of nitrogens with zero attached hydrogens (tertiary/aromatic N) is 1. The van der Waals surface area contributed by atoms with Crippen molar-refractivity contribution >= 4 is 34.1 Å². The van der Waals surface area contributed by atoms with Gasteiger partial charge in [0.2, 0.25) is 0 Å². The van der Waals surface area contributed by atoms with Gasteiger partial charge in [-0.05, 0) is 23.6 Å². The van der Waals surface area contributed by atoms with Crippen LogP contribution in [0, 0.1) is 11.3 Å². The zero-order valence-corrected chi connectivity index (χ0v) is 8.90. The molecule has 0 unspecified atom stereocenters. The first-order chi connectivity index (χ1) is 6.74. The molecule has 1 aromatic heterocycles. The smallest absolute Gasteiger partial charge is 0.0992 e. The van der Waals surface area contributed by atoms with Crippen molar-refractivity contribution in [1.82, 2.24) is 0 Å². The fraction of sp³-hybridized carbons (Fsp3) is 0.100. The maximum atomic E-state index is 8.98. The first-order valence-electron chi connectivity index (χ1n) is 4.01. The molecule has 1 N–H and O–H groups in total. The van der Waals surface area contributed by atoms with Gasteiger partial charge in [0.25, 0.3) is 0 Å². The summed E-state index contributed by atoms with van der Waals surface area (Å²) in [5, 5.41) is 18.7. The molecule has 0 atom stereocenters. The van der Waals surface area contributed by atoms with Crippen molar-refractivity contribution in [3.63, 3.8) is 0 Å². The van der Waals surface area contributed by atoms with E-state index < -0.39 is 0 Å². The van der Waals surface area contributed by atoms with Crippen molar-refractivity contribution < 1.29 is 5.11 Å². The number of benzene rings is 1. The molecule has 1 heterocycles. The lowest BCUT2D eigenvalue weighted by Gasteiger charge is -1.94. The second-order valence-corrected chi connectivity index (χ2v) is 4.51. The topological polar surface area (TPSA) is 44.0 Å². The van der Waals surface area contributed by atoms with Crippen LogP contribution in [0.1, 0.15) is 10.4 Å². The SMILES string of the molecule is N#Cc1cc(S)c2sc(CO)cc2c1. The molecular weight excluding hydrogens is 214 g/mol. The van der Waals surface area contributed by atoms with Gasteiger partial charge in [0, 0.05) is 14.5 Å². The Hall–Kier alpha value is -1.02. The van der Waals surface area contributed by atoms with E-state index >= 15 is 0 Å². The van der Waals surface area contributed by atoms with E-state index in [1.807, 2.05) is 12.1 Å². The molecule has 0 saturated carbocycles. The Labute approximate surface area is 90.8 Å². The minimum Gasteiger partial charge on any atom is -0.391 e. The summed E-state index contributed by atoms with van der Waals surface area (Å²) in [4.78, 5) is 1.69. The van der Waals surface area contributed by atoms with Crippen molar-refractivity contribution in [2.45, 2.75) is 11.5 Å². The van der Waals surface area contributed by atoms with Gasteiger partial charge in [-0.3, -0.25) is 0 Å². The molecule has 0 amide bonds. The van der Waals surface area contributed by atoms with Gasteiger partial charge in [0.05, 0.1) is 18.2 Å². The van der Waals surface area contributed by atoms with Crippen LogP contribution in [0.15, 0.2) is 23.1 Å². The summed E-state index contributed by atoms with van der Waals surface area (Å²) in [5.74, 6) is 0. The molecule has 0 radical (unpaired) electrons. The van der Waals surface area contributed by atoms with Crippen molar-refractivity contribution in [3.05, 3.63) is 28.6 Å². The first-order valence-corrected chi connectivity index (χ1v) is 5.27. The molecule has 2 aromatic rings. The van der Waals surface area contributed by atoms with E-state index in [1.54, 1.807) is 6.07 Å². The Balaban J connectivity index is 2.75. The van der Waals surface area contributed by atoms with Gasteiger partial charge in [-0.2, -0.15) is 5.26 Å². The highest BCUT2D eigenvalue weighted by molar-refractivity contribution is 7.80. The average molecular weight is 221 g/mol. The quantitative estimate of drug-likeness (QED) is 0.727. The molecular formula is C10H7NOS2. The molecule has 0 aliphatic carbocycles. The van der Waals surface area contributed by atoms with E-state index in [0.717, 1.165) is 19.9 Å². The van der Waals surface area contributed by atoms with Gasteiger partial charge >= 0.3 is 0 Å². The lowest BCUT2D eigenvalue weighted by Crippen LogP contribution is -1.74. The normalized spacial score (nSPS) is 10.4. The standard InChI is InChI=1S/C10H7NOS2/c11-4-6-1-7-3-8(5-12)14-10(7)9(13)2-6/h1-3,12-13H,5H2. The molecule has 0 saturated heterocycles. The number of hydrogen-bond acceptors (Lipinski definition) is 4. The Morgan fingerprint density at radius 2 is 2.21 bits per heavy atom. The predicted octanol–water partition coefficient (Wildman–Crippen LogP) is 2.55. The highest BCUT2D eigenvalue weighted by Gasteiger charge is 2.05. The minimum atomic E-state index is 0.0362. The molecule has 0 spiro atoms. The van der Waals surface area contributed by atoms with Crippen molar-refractivity contribution in [1.29, 1.82) is 5.26 Å². The number of fused-ring (bicyclic) bond motifs is 1. The fourth-order valence-corrected chi connectivity index (χ4v) is 2.65. The van der Waals surface area contributed by atoms with E-state index in [2.05, 4.69) is 18.7 Å². The van der Waals surface area contributed by atoms with Gasteiger partial charge in [0.15, 0.2) is 0 Å². The number of thiophene rings is 1. The van der Waals surface area contributed by atoms with E-state index in [9.17, 15) is 0 Å². The number of hydrogen-bond donors (Lipinski definition) is 2. The zero-order chi connectivity index (χ0) is 10.1. The van der Waals surface area contributed by atoms with Crippen molar-refractivity contribution in [3.8, 4) is 6.07 Å². The maximum absolute atomic E-state index is 8.98. The summed E-state index contributed by atoms with van der Waals surface area (Å²) in [7, 11) is 0. The molecule has 0 aliphatic heterocycles. The Kier molecular flexibility index (Phi) is 2.46. The molecule has 2 nitrogen and oxygen atoms in total. The van der Waals surface area contributed by atoms with Crippen LogP contribution in [-0.2, 0) is 6.61 Å². The Morgan fingerprint density at radius 1 is 1.43 bits per heavy atom. The largest absolute Gasteiger partial charge is 0.391 e. The summed E-state index contributed by atoms with van der Waals surface area (Å²) in [5.41, 5.74) is 0.602. The number of aliphatic hydroxyl groups is 1. The van der Waals surface area contributed by atoms with Gasteiger partial charge in [-0.15, -0.1) is 24.0 Å². The molecule has 14 heavy (non-hydrogen) atoms. The van der Waals surface area contributed by atoms with E-state index in [-0.39, 0.29) is 6.61 Å². The molecule has 0 bridgehead atoms. The second kappa shape index (κ2) is 3.62. The summed E-state index contributed by atoms with van der Waals surface area (Å²) in [6.45, 7) is 0.0362. The van der Waals surface area contributed by atoms with Crippen molar-refractivity contribution in [2.24, 2.45) is 0 Å². The first kappa shape index (κ1) is 9.53.